The lowest BCUT2D eigenvalue weighted by molar-refractivity contribution is 0.370. The molecule has 0 unspecified atom stereocenters. The number of piperazine rings is 1. The van der Waals surface area contributed by atoms with E-state index < -0.39 is 0 Å². The normalized spacial score (nSPS) is 17.4. The van der Waals surface area contributed by atoms with Crippen LogP contribution in [0.2, 0.25) is 0 Å². The van der Waals surface area contributed by atoms with E-state index in [2.05, 4.69) is 42.1 Å². The molecular formula is C23H32FIN6. The summed E-state index contributed by atoms with van der Waals surface area (Å²) in [4.78, 5) is 15.8. The summed E-state index contributed by atoms with van der Waals surface area (Å²) in [5.74, 6) is 1.80. The Labute approximate surface area is 201 Å². The van der Waals surface area contributed by atoms with Crippen LogP contribution >= 0.6 is 24.0 Å². The zero-order valence-electron chi connectivity index (χ0n) is 18.1. The monoisotopic (exact) mass is 538 g/mol. The third kappa shape index (κ3) is 5.99. The van der Waals surface area contributed by atoms with Crippen molar-refractivity contribution < 1.29 is 4.39 Å². The van der Waals surface area contributed by atoms with Gasteiger partial charge in [0, 0.05) is 59.1 Å². The Balaban J connectivity index is 0.00000272. The fourth-order valence-electron chi connectivity index (χ4n) is 4.25. The van der Waals surface area contributed by atoms with Crippen LogP contribution in [0.25, 0.3) is 0 Å². The molecule has 2 fully saturated rings. The minimum Gasteiger partial charge on any atom is -0.366 e. The molecule has 4 rings (SSSR count). The summed E-state index contributed by atoms with van der Waals surface area (Å²) in [5, 5.41) is 3.49. The van der Waals surface area contributed by atoms with Crippen molar-refractivity contribution in [1.82, 2.24) is 15.2 Å². The first-order chi connectivity index (χ1) is 14.7. The van der Waals surface area contributed by atoms with Gasteiger partial charge in [-0.25, -0.2) is 9.37 Å². The molecule has 0 saturated carbocycles. The molecule has 0 spiro atoms. The van der Waals surface area contributed by atoms with Crippen LogP contribution in [-0.2, 0) is 6.54 Å². The van der Waals surface area contributed by atoms with Crippen LogP contribution < -0.4 is 15.1 Å². The Morgan fingerprint density at radius 2 is 1.74 bits per heavy atom. The molecule has 0 aliphatic carbocycles. The van der Waals surface area contributed by atoms with Gasteiger partial charge < -0.3 is 20.0 Å². The van der Waals surface area contributed by atoms with Gasteiger partial charge in [-0.3, -0.25) is 4.99 Å². The molecular weight excluding hydrogens is 506 g/mol. The highest BCUT2D eigenvalue weighted by Gasteiger charge is 2.21. The number of nitrogens with one attached hydrogen (secondary N) is 1. The first-order valence-corrected chi connectivity index (χ1v) is 10.9. The van der Waals surface area contributed by atoms with Crippen molar-refractivity contribution in [3.8, 4) is 0 Å². The fourth-order valence-corrected chi connectivity index (χ4v) is 4.25. The van der Waals surface area contributed by atoms with E-state index in [-0.39, 0.29) is 29.8 Å². The van der Waals surface area contributed by atoms with E-state index in [9.17, 15) is 4.39 Å². The van der Waals surface area contributed by atoms with Gasteiger partial charge in [0.2, 0.25) is 0 Å². The molecule has 0 radical (unpaired) electrons. The van der Waals surface area contributed by atoms with Crippen molar-refractivity contribution in [3.63, 3.8) is 0 Å². The van der Waals surface area contributed by atoms with Crippen molar-refractivity contribution in [2.45, 2.75) is 25.8 Å². The first kappa shape index (κ1) is 23.6. The zero-order chi connectivity index (χ0) is 20.8. The van der Waals surface area contributed by atoms with Crippen LogP contribution in [0.1, 0.15) is 24.8 Å². The standard InChI is InChI=1S/C23H31FN6.HI/c1-25-23(30-15-13-28(14-16-30)21-8-4-3-7-20(21)24)27-18-19-9-10-26-22(17-19)29-11-5-2-6-12-29;/h3-4,7-10,17H,2,5-6,11-16,18H2,1H3,(H,25,27);1H. The van der Waals surface area contributed by atoms with E-state index in [1.165, 1.54) is 30.9 Å². The van der Waals surface area contributed by atoms with Gasteiger partial charge in [-0.1, -0.05) is 12.1 Å². The van der Waals surface area contributed by atoms with E-state index in [4.69, 9.17) is 0 Å². The van der Waals surface area contributed by atoms with E-state index in [1.54, 1.807) is 6.07 Å². The lowest BCUT2D eigenvalue weighted by atomic mass is 10.1. The molecule has 3 heterocycles. The summed E-state index contributed by atoms with van der Waals surface area (Å²) in [6, 6.07) is 11.2. The van der Waals surface area contributed by atoms with Gasteiger partial charge in [0.1, 0.15) is 11.6 Å². The number of hydrogen-bond acceptors (Lipinski definition) is 4. The van der Waals surface area contributed by atoms with Crippen molar-refractivity contribution in [2.75, 3.05) is 56.1 Å². The van der Waals surface area contributed by atoms with Crippen LogP contribution in [0.3, 0.4) is 0 Å². The van der Waals surface area contributed by atoms with Gasteiger partial charge in [0.15, 0.2) is 5.96 Å². The number of pyridine rings is 1. The van der Waals surface area contributed by atoms with Crippen LogP contribution in [0, 0.1) is 5.82 Å². The molecule has 1 aromatic carbocycles. The summed E-state index contributed by atoms with van der Waals surface area (Å²) in [5.41, 5.74) is 1.89. The Bertz CT molecular complexity index is 863. The van der Waals surface area contributed by atoms with Crippen LogP contribution in [0.15, 0.2) is 47.6 Å². The molecule has 2 aliphatic heterocycles. The zero-order valence-corrected chi connectivity index (χ0v) is 20.5. The van der Waals surface area contributed by atoms with Crippen molar-refractivity contribution in [1.29, 1.82) is 0 Å². The summed E-state index contributed by atoms with van der Waals surface area (Å²) in [7, 11) is 1.82. The van der Waals surface area contributed by atoms with E-state index in [1.807, 2.05) is 25.4 Å². The lowest BCUT2D eigenvalue weighted by Crippen LogP contribution is -2.52. The number of halogens is 2. The summed E-state index contributed by atoms with van der Waals surface area (Å²) < 4.78 is 14.1. The molecule has 0 bridgehead atoms. The predicted molar refractivity (Wildman–Crippen MR) is 136 cm³/mol. The highest BCUT2D eigenvalue weighted by atomic mass is 127. The number of guanidine groups is 1. The van der Waals surface area contributed by atoms with Crippen molar-refractivity contribution in [2.24, 2.45) is 4.99 Å². The summed E-state index contributed by atoms with van der Waals surface area (Å²) >= 11 is 0. The van der Waals surface area contributed by atoms with Gasteiger partial charge in [-0.15, -0.1) is 24.0 Å². The second-order valence-corrected chi connectivity index (χ2v) is 7.90. The second kappa shape index (κ2) is 11.5. The third-order valence-electron chi connectivity index (χ3n) is 5.92. The molecule has 168 valence electrons. The molecule has 31 heavy (non-hydrogen) atoms. The Hall–Kier alpha value is -2.10. The number of aromatic nitrogens is 1. The van der Waals surface area contributed by atoms with Gasteiger partial charge in [0.25, 0.3) is 0 Å². The molecule has 2 saturated heterocycles. The molecule has 0 atom stereocenters. The highest BCUT2D eigenvalue weighted by Crippen LogP contribution is 2.21. The number of aliphatic imine (C=N–C) groups is 1. The summed E-state index contributed by atoms with van der Waals surface area (Å²) in [6.07, 6.45) is 5.71. The van der Waals surface area contributed by atoms with Gasteiger partial charge in [-0.05, 0) is 49.1 Å². The number of nitrogens with zero attached hydrogens (tertiary/aromatic N) is 5. The Morgan fingerprint density at radius 1 is 1.00 bits per heavy atom. The van der Waals surface area contributed by atoms with E-state index >= 15 is 0 Å². The molecule has 1 N–H and O–H groups in total. The maximum Gasteiger partial charge on any atom is 0.194 e. The molecule has 2 aliphatic rings. The molecule has 6 nitrogen and oxygen atoms in total. The van der Waals surface area contributed by atoms with Crippen LogP contribution in [0.4, 0.5) is 15.9 Å². The van der Waals surface area contributed by atoms with Gasteiger partial charge in [0.05, 0.1) is 5.69 Å². The average Bonchev–Trinajstić information content (AvgIpc) is 2.81. The molecule has 1 aromatic heterocycles. The minimum atomic E-state index is -0.157. The Morgan fingerprint density at radius 3 is 2.45 bits per heavy atom. The maximum atomic E-state index is 14.1. The third-order valence-corrected chi connectivity index (χ3v) is 5.92. The maximum absolute atomic E-state index is 14.1. The van der Waals surface area contributed by atoms with Crippen molar-refractivity contribution >= 4 is 41.4 Å². The van der Waals surface area contributed by atoms with Gasteiger partial charge >= 0.3 is 0 Å². The van der Waals surface area contributed by atoms with Crippen molar-refractivity contribution in [3.05, 3.63) is 54.0 Å². The highest BCUT2D eigenvalue weighted by molar-refractivity contribution is 14.0. The number of piperidine rings is 1. The molecule has 0 amide bonds. The summed E-state index contributed by atoms with van der Waals surface area (Å²) in [6.45, 7) is 6.07. The first-order valence-electron chi connectivity index (χ1n) is 10.9. The predicted octanol–water partition coefficient (Wildman–Crippen LogP) is 3.73. The number of hydrogen-bond donors (Lipinski definition) is 1. The minimum absolute atomic E-state index is 0. The number of anilines is 2. The molecule has 2 aromatic rings. The smallest absolute Gasteiger partial charge is 0.194 e. The Kier molecular flexibility index (Phi) is 8.74. The SMILES string of the molecule is CN=C(NCc1ccnc(N2CCCCC2)c1)N1CCN(c2ccccc2F)CC1.I. The second-order valence-electron chi connectivity index (χ2n) is 7.90. The van der Waals surface area contributed by atoms with E-state index in [0.717, 1.165) is 51.0 Å². The lowest BCUT2D eigenvalue weighted by Gasteiger charge is -2.37. The van der Waals surface area contributed by atoms with E-state index in [0.29, 0.717) is 12.2 Å². The van der Waals surface area contributed by atoms with Crippen LogP contribution in [-0.4, -0.2) is 62.2 Å². The van der Waals surface area contributed by atoms with Gasteiger partial charge in [-0.2, -0.15) is 0 Å². The fraction of sp³-hybridized carbons (Fsp3) is 0.478. The number of rotatable bonds is 4. The molecule has 8 heteroatoms. The largest absolute Gasteiger partial charge is 0.366 e. The number of para-hydroxylation sites is 1. The average molecular weight is 538 g/mol. The van der Waals surface area contributed by atoms with Crippen LogP contribution in [0.5, 0.6) is 0 Å². The quantitative estimate of drug-likeness (QED) is 0.366. The number of benzene rings is 1. The topological polar surface area (TPSA) is 47.0 Å².